The van der Waals surface area contributed by atoms with Crippen LogP contribution in [0.5, 0.6) is 5.75 Å². The Morgan fingerprint density at radius 1 is 1.32 bits per heavy atom. The molecule has 1 aromatic heterocycles. The van der Waals surface area contributed by atoms with Crippen molar-refractivity contribution < 1.29 is 4.74 Å². The summed E-state index contributed by atoms with van der Waals surface area (Å²) in [5.41, 5.74) is 2.57. The summed E-state index contributed by atoms with van der Waals surface area (Å²) in [7, 11) is 1.75. The molecule has 1 atom stereocenters. The van der Waals surface area contributed by atoms with Gasteiger partial charge in [0.2, 0.25) is 0 Å². The van der Waals surface area contributed by atoms with Gasteiger partial charge >= 0.3 is 0 Å². The maximum Gasteiger partial charge on any atom is 0.125 e. The third-order valence-corrected chi connectivity index (χ3v) is 4.02. The van der Waals surface area contributed by atoms with E-state index in [0.29, 0.717) is 6.04 Å². The molecular formula is C16H26N2O. The number of fused-ring (bicyclic) bond motifs is 1. The molecule has 0 N–H and O–H groups in total. The Labute approximate surface area is 117 Å². The fraction of sp³-hybridized carbons (Fsp3) is 0.688. The van der Waals surface area contributed by atoms with Gasteiger partial charge in [0.05, 0.1) is 7.11 Å². The zero-order valence-corrected chi connectivity index (χ0v) is 12.5. The Kier molecular flexibility index (Phi) is 5.20. The van der Waals surface area contributed by atoms with Crippen molar-refractivity contribution in [2.75, 3.05) is 20.2 Å². The summed E-state index contributed by atoms with van der Waals surface area (Å²) in [4.78, 5) is 7.22. The third kappa shape index (κ3) is 3.27. The van der Waals surface area contributed by atoms with Gasteiger partial charge in [-0.1, -0.05) is 13.8 Å². The number of hydrogen-bond donors (Lipinski definition) is 0. The van der Waals surface area contributed by atoms with E-state index in [1.165, 1.54) is 43.6 Å². The van der Waals surface area contributed by atoms with E-state index in [2.05, 4.69) is 23.7 Å². The highest BCUT2D eigenvalue weighted by atomic mass is 16.5. The number of hydrogen-bond acceptors (Lipinski definition) is 3. The van der Waals surface area contributed by atoms with Crippen LogP contribution < -0.4 is 4.74 Å². The van der Waals surface area contributed by atoms with Gasteiger partial charge in [0.25, 0.3) is 0 Å². The molecular weight excluding hydrogens is 236 g/mol. The Hall–Kier alpha value is -1.09. The lowest BCUT2D eigenvalue weighted by Gasteiger charge is -2.34. The normalized spacial score (nSPS) is 18.4. The first-order valence-electron chi connectivity index (χ1n) is 7.54. The molecule has 19 heavy (non-hydrogen) atoms. The molecule has 3 heteroatoms. The number of ether oxygens (including phenoxy) is 1. The fourth-order valence-corrected chi connectivity index (χ4v) is 3.15. The van der Waals surface area contributed by atoms with Crippen molar-refractivity contribution in [3.05, 3.63) is 23.5 Å². The van der Waals surface area contributed by atoms with Gasteiger partial charge < -0.3 is 9.64 Å². The molecule has 0 saturated heterocycles. The number of pyridine rings is 1. The van der Waals surface area contributed by atoms with Crippen LogP contribution in [0.15, 0.2) is 12.3 Å². The third-order valence-electron chi connectivity index (χ3n) is 4.02. The lowest BCUT2D eigenvalue weighted by molar-refractivity contribution is 0.178. The van der Waals surface area contributed by atoms with Crippen molar-refractivity contribution in [3.8, 4) is 5.75 Å². The van der Waals surface area contributed by atoms with E-state index >= 15 is 0 Å². The molecule has 0 aliphatic heterocycles. The zero-order chi connectivity index (χ0) is 13.7. The summed E-state index contributed by atoms with van der Waals surface area (Å²) >= 11 is 0. The molecule has 0 spiro atoms. The number of aromatic nitrogens is 1. The standard InChI is InChI=1S/C16H26N2O/c1-4-10-18(11-5-2)13-6-7-14-15(12-13)17-9-8-16(14)19-3/h8-9,13H,4-7,10-12H2,1-3H3. The van der Waals surface area contributed by atoms with Gasteiger partial charge in [-0.15, -0.1) is 0 Å². The quantitative estimate of drug-likeness (QED) is 0.788. The Balaban J connectivity index is 2.12. The lowest BCUT2D eigenvalue weighted by atomic mass is 9.90. The van der Waals surface area contributed by atoms with Crippen LogP contribution in [0.3, 0.4) is 0 Å². The molecule has 1 aromatic rings. The van der Waals surface area contributed by atoms with Crippen LogP contribution >= 0.6 is 0 Å². The second-order valence-corrected chi connectivity index (χ2v) is 5.37. The molecule has 1 aliphatic carbocycles. The second-order valence-electron chi connectivity index (χ2n) is 5.37. The van der Waals surface area contributed by atoms with Gasteiger partial charge in [-0.05, 0) is 44.8 Å². The van der Waals surface area contributed by atoms with Gasteiger partial charge in [-0.25, -0.2) is 0 Å². The minimum absolute atomic E-state index is 0.659. The van der Waals surface area contributed by atoms with Crippen molar-refractivity contribution in [2.24, 2.45) is 0 Å². The topological polar surface area (TPSA) is 25.4 Å². The van der Waals surface area contributed by atoms with E-state index in [9.17, 15) is 0 Å². The predicted molar refractivity (Wildman–Crippen MR) is 78.8 cm³/mol. The van der Waals surface area contributed by atoms with Crippen LogP contribution in [-0.4, -0.2) is 36.1 Å². The molecule has 1 heterocycles. The molecule has 1 unspecified atom stereocenters. The molecule has 0 saturated carbocycles. The van der Waals surface area contributed by atoms with Gasteiger partial charge in [0.15, 0.2) is 0 Å². The van der Waals surface area contributed by atoms with Crippen molar-refractivity contribution in [1.82, 2.24) is 9.88 Å². The maximum atomic E-state index is 5.45. The molecule has 0 bridgehead atoms. The van der Waals surface area contributed by atoms with E-state index in [1.54, 1.807) is 7.11 Å². The first kappa shape index (κ1) is 14.3. The minimum atomic E-state index is 0.659. The number of methoxy groups -OCH3 is 1. The van der Waals surface area contributed by atoms with Crippen LogP contribution in [0, 0.1) is 0 Å². The highest BCUT2D eigenvalue weighted by Gasteiger charge is 2.25. The summed E-state index contributed by atoms with van der Waals surface area (Å²) in [6.45, 7) is 6.94. The van der Waals surface area contributed by atoms with Crippen molar-refractivity contribution in [2.45, 2.75) is 52.0 Å². The minimum Gasteiger partial charge on any atom is -0.496 e. The summed E-state index contributed by atoms with van der Waals surface area (Å²) in [6.07, 6.45) is 7.75. The molecule has 2 rings (SSSR count). The van der Waals surface area contributed by atoms with Gasteiger partial charge in [-0.3, -0.25) is 4.98 Å². The summed E-state index contributed by atoms with van der Waals surface area (Å²) in [5.74, 6) is 1.01. The average Bonchev–Trinajstić information content (AvgIpc) is 2.45. The summed E-state index contributed by atoms with van der Waals surface area (Å²) in [5, 5.41) is 0. The number of nitrogens with zero attached hydrogens (tertiary/aromatic N) is 2. The van der Waals surface area contributed by atoms with Crippen LogP contribution in [-0.2, 0) is 12.8 Å². The van der Waals surface area contributed by atoms with E-state index in [1.807, 2.05) is 12.3 Å². The second kappa shape index (κ2) is 6.90. The van der Waals surface area contributed by atoms with E-state index < -0.39 is 0 Å². The largest absolute Gasteiger partial charge is 0.496 e. The molecule has 3 nitrogen and oxygen atoms in total. The Morgan fingerprint density at radius 3 is 2.68 bits per heavy atom. The highest BCUT2D eigenvalue weighted by molar-refractivity contribution is 5.38. The average molecular weight is 262 g/mol. The maximum absolute atomic E-state index is 5.45. The monoisotopic (exact) mass is 262 g/mol. The van der Waals surface area contributed by atoms with E-state index in [4.69, 9.17) is 4.74 Å². The molecule has 1 aliphatic rings. The molecule has 106 valence electrons. The fourth-order valence-electron chi connectivity index (χ4n) is 3.15. The first-order chi connectivity index (χ1) is 9.30. The van der Waals surface area contributed by atoms with Gasteiger partial charge in [0, 0.05) is 29.9 Å². The molecule has 0 radical (unpaired) electrons. The summed E-state index contributed by atoms with van der Waals surface area (Å²) in [6, 6.07) is 2.64. The van der Waals surface area contributed by atoms with Crippen molar-refractivity contribution in [3.63, 3.8) is 0 Å². The molecule has 0 aromatic carbocycles. The van der Waals surface area contributed by atoms with Gasteiger partial charge in [-0.2, -0.15) is 0 Å². The highest BCUT2D eigenvalue weighted by Crippen LogP contribution is 2.29. The van der Waals surface area contributed by atoms with E-state index in [0.717, 1.165) is 18.6 Å². The van der Waals surface area contributed by atoms with Crippen LogP contribution in [0.25, 0.3) is 0 Å². The van der Waals surface area contributed by atoms with E-state index in [-0.39, 0.29) is 0 Å². The summed E-state index contributed by atoms with van der Waals surface area (Å²) < 4.78 is 5.45. The Bertz CT molecular complexity index is 400. The van der Waals surface area contributed by atoms with Crippen molar-refractivity contribution in [1.29, 1.82) is 0 Å². The SMILES string of the molecule is CCCN(CCC)C1CCc2c(OC)ccnc2C1. The molecule has 0 amide bonds. The van der Waals surface area contributed by atoms with Gasteiger partial charge in [0.1, 0.15) is 5.75 Å². The van der Waals surface area contributed by atoms with Crippen LogP contribution in [0.1, 0.15) is 44.4 Å². The smallest absolute Gasteiger partial charge is 0.125 e. The van der Waals surface area contributed by atoms with Crippen LogP contribution in [0.2, 0.25) is 0 Å². The lowest BCUT2D eigenvalue weighted by Crippen LogP contribution is -2.40. The van der Waals surface area contributed by atoms with Crippen LogP contribution in [0.4, 0.5) is 0 Å². The molecule has 0 fully saturated rings. The predicted octanol–water partition coefficient (Wildman–Crippen LogP) is 3.07. The zero-order valence-electron chi connectivity index (χ0n) is 12.5. The number of rotatable bonds is 6. The van der Waals surface area contributed by atoms with Crippen molar-refractivity contribution >= 4 is 0 Å². The first-order valence-corrected chi connectivity index (χ1v) is 7.54. The Morgan fingerprint density at radius 2 is 2.05 bits per heavy atom.